The van der Waals surface area contributed by atoms with E-state index in [1.165, 1.54) is 65.6 Å². The van der Waals surface area contributed by atoms with Gasteiger partial charge < -0.3 is 4.57 Å². The van der Waals surface area contributed by atoms with Gasteiger partial charge in [0, 0.05) is 27.9 Å². The molecular formula is C51H33N3. The third-order valence-electron chi connectivity index (χ3n) is 10.9. The maximum atomic E-state index is 5.16. The van der Waals surface area contributed by atoms with Crippen molar-refractivity contribution in [1.82, 2.24) is 14.1 Å². The van der Waals surface area contributed by atoms with Crippen LogP contribution in [0, 0.1) is 0 Å². The lowest BCUT2D eigenvalue weighted by atomic mass is 9.93. The lowest BCUT2D eigenvalue weighted by Gasteiger charge is -2.14. The Balaban J connectivity index is 1.19. The maximum Gasteiger partial charge on any atom is 0.145 e. The van der Waals surface area contributed by atoms with E-state index < -0.39 is 0 Å². The minimum Gasteiger partial charge on any atom is -0.309 e. The van der Waals surface area contributed by atoms with Crippen molar-refractivity contribution >= 4 is 54.3 Å². The molecule has 11 aromatic rings. The molecule has 0 radical (unpaired) electrons. The van der Waals surface area contributed by atoms with Crippen LogP contribution in [0.15, 0.2) is 200 Å². The van der Waals surface area contributed by atoms with Crippen LogP contribution in [0.1, 0.15) is 0 Å². The van der Waals surface area contributed by atoms with Crippen LogP contribution in [0.25, 0.3) is 99.4 Å². The quantitative estimate of drug-likeness (QED) is 0.165. The standard InChI is InChI=1S/C51H33N3/c1-4-15-35(16-5-1)48-49-44-29-25-38-32-39(51-52-45-22-12-13-23-46(45)54(51)40-20-8-3-9-21-40)26-28-42(38)43(44)30-31-47(49)53(50(48)36-17-6-2-7-18-36)41-27-24-34-14-10-11-19-37(34)33-41/h1-33H. The summed E-state index contributed by atoms with van der Waals surface area (Å²) in [5, 5.41) is 8.58. The molecule has 0 bridgehead atoms. The molecule has 2 aromatic heterocycles. The van der Waals surface area contributed by atoms with Gasteiger partial charge in [-0.3, -0.25) is 4.57 Å². The van der Waals surface area contributed by atoms with Gasteiger partial charge in [0.2, 0.25) is 0 Å². The van der Waals surface area contributed by atoms with Gasteiger partial charge in [-0.15, -0.1) is 0 Å². The zero-order valence-corrected chi connectivity index (χ0v) is 29.4. The van der Waals surface area contributed by atoms with Gasteiger partial charge in [-0.1, -0.05) is 152 Å². The molecule has 2 heterocycles. The monoisotopic (exact) mass is 687 g/mol. The molecule has 0 fully saturated rings. The topological polar surface area (TPSA) is 22.8 Å². The van der Waals surface area contributed by atoms with Crippen LogP contribution in [-0.2, 0) is 0 Å². The number of hydrogen-bond acceptors (Lipinski definition) is 1. The first kappa shape index (κ1) is 30.4. The highest BCUT2D eigenvalue weighted by molar-refractivity contribution is 6.23. The summed E-state index contributed by atoms with van der Waals surface area (Å²) in [5.41, 5.74) is 11.4. The van der Waals surface area contributed by atoms with E-state index in [1.54, 1.807) is 0 Å². The van der Waals surface area contributed by atoms with Gasteiger partial charge in [0.15, 0.2) is 0 Å². The first-order chi connectivity index (χ1) is 26.8. The van der Waals surface area contributed by atoms with Gasteiger partial charge >= 0.3 is 0 Å². The minimum absolute atomic E-state index is 0.936. The lowest BCUT2D eigenvalue weighted by Crippen LogP contribution is -1.98. The van der Waals surface area contributed by atoms with Crippen molar-refractivity contribution in [2.75, 3.05) is 0 Å². The molecule has 0 saturated carbocycles. The number of benzene rings is 9. The van der Waals surface area contributed by atoms with Crippen molar-refractivity contribution in [2.45, 2.75) is 0 Å². The van der Waals surface area contributed by atoms with E-state index in [-0.39, 0.29) is 0 Å². The van der Waals surface area contributed by atoms with Crippen molar-refractivity contribution in [3.05, 3.63) is 200 Å². The van der Waals surface area contributed by atoms with Crippen molar-refractivity contribution in [1.29, 1.82) is 0 Å². The number of nitrogens with zero attached hydrogens (tertiary/aromatic N) is 3. The predicted octanol–water partition coefficient (Wildman–Crippen LogP) is 13.4. The second-order valence-electron chi connectivity index (χ2n) is 14.0. The summed E-state index contributed by atoms with van der Waals surface area (Å²) in [4.78, 5) is 5.16. The Morgan fingerprint density at radius 3 is 1.81 bits per heavy atom. The molecule has 54 heavy (non-hydrogen) atoms. The summed E-state index contributed by atoms with van der Waals surface area (Å²) in [7, 11) is 0. The molecule has 3 heteroatoms. The van der Waals surface area contributed by atoms with Gasteiger partial charge in [0.25, 0.3) is 0 Å². The average Bonchev–Trinajstić information content (AvgIpc) is 3.81. The van der Waals surface area contributed by atoms with Gasteiger partial charge in [-0.05, 0) is 92.0 Å². The van der Waals surface area contributed by atoms with Crippen LogP contribution in [0.5, 0.6) is 0 Å². The number of aromatic nitrogens is 3. The molecule has 0 amide bonds. The lowest BCUT2D eigenvalue weighted by molar-refractivity contribution is 1.10. The molecule has 0 atom stereocenters. The normalized spacial score (nSPS) is 11.7. The molecule has 11 rings (SSSR count). The highest BCUT2D eigenvalue weighted by atomic mass is 15.1. The molecule has 3 nitrogen and oxygen atoms in total. The minimum atomic E-state index is 0.936. The van der Waals surface area contributed by atoms with E-state index in [4.69, 9.17) is 4.98 Å². The first-order valence-electron chi connectivity index (χ1n) is 18.5. The fourth-order valence-corrected chi connectivity index (χ4v) is 8.47. The first-order valence-corrected chi connectivity index (χ1v) is 18.5. The molecule has 0 aliphatic rings. The molecular weight excluding hydrogens is 655 g/mol. The van der Waals surface area contributed by atoms with E-state index >= 15 is 0 Å². The summed E-state index contributed by atoms with van der Waals surface area (Å²) in [6, 6.07) is 72.2. The van der Waals surface area contributed by atoms with E-state index in [2.05, 4.69) is 209 Å². The van der Waals surface area contributed by atoms with Gasteiger partial charge in [-0.25, -0.2) is 4.98 Å². The molecule has 0 spiro atoms. The molecule has 9 aromatic carbocycles. The van der Waals surface area contributed by atoms with Gasteiger partial charge in [0.1, 0.15) is 5.82 Å². The van der Waals surface area contributed by atoms with Crippen molar-refractivity contribution < 1.29 is 0 Å². The summed E-state index contributed by atoms with van der Waals surface area (Å²) in [5.74, 6) is 0.936. The van der Waals surface area contributed by atoms with Crippen LogP contribution in [0.2, 0.25) is 0 Å². The molecule has 0 saturated heterocycles. The second-order valence-corrected chi connectivity index (χ2v) is 14.0. The fraction of sp³-hybridized carbons (Fsp3) is 0. The smallest absolute Gasteiger partial charge is 0.145 e. The predicted molar refractivity (Wildman–Crippen MR) is 227 cm³/mol. The number of fused-ring (bicyclic) bond motifs is 7. The Hall–Kier alpha value is -7.23. The number of imidazole rings is 1. The van der Waals surface area contributed by atoms with Crippen LogP contribution >= 0.6 is 0 Å². The van der Waals surface area contributed by atoms with E-state index in [9.17, 15) is 0 Å². The number of para-hydroxylation sites is 3. The highest BCUT2D eigenvalue weighted by Crippen LogP contribution is 2.47. The zero-order valence-electron chi connectivity index (χ0n) is 29.4. The fourth-order valence-electron chi connectivity index (χ4n) is 8.47. The molecule has 0 unspecified atom stereocenters. The van der Waals surface area contributed by atoms with E-state index in [1.807, 2.05) is 0 Å². The summed E-state index contributed by atoms with van der Waals surface area (Å²) < 4.78 is 4.74. The Kier molecular flexibility index (Phi) is 6.86. The van der Waals surface area contributed by atoms with Crippen LogP contribution < -0.4 is 0 Å². The molecule has 0 N–H and O–H groups in total. The maximum absolute atomic E-state index is 5.16. The zero-order chi connectivity index (χ0) is 35.6. The Bertz CT molecular complexity index is 3190. The van der Waals surface area contributed by atoms with Crippen molar-refractivity contribution in [3.63, 3.8) is 0 Å². The molecule has 0 aliphatic heterocycles. The Labute approximate surface area is 312 Å². The summed E-state index contributed by atoms with van der Waals surface area (Å²) >= 11 is 0. The highest BCUT2D eigenvalue weighted by Gasteiger charge is 2.24. The Morgan fingerprint density at radius 2 is 1.00 bits per heavy atom. The Morgan fingerprint density at radius 1 is 0.352 bits per heavy atom. The SMILES string of the molecule is c1ccc(-c2c(-c3ccccc3)n(-c3ccc4ccccc4c3)c3ccc4c5ccc(-c6nc7ccccc7n6-c6ccccc6)cc5ccc4c23)cc1. The summed E-state index contributed by atoms with van der Waals surface area (Å²) in [6.07, 6.45) is 0. The van der Waals surface area contributed by atoms with Crippen LogP contribution in [0.3, 0.4) is 0 Å². The van der Waals surface area contributed by atoms with Gasteiger partial charge in [0.05, 0.1) is 22.2 Å². The molecule has 252 valence electrons. The largest absolute Gasteiger partial charge is 0.309 e. The van der Waals surface area contributed by atoms with Crippen molar-refractivity contribution in [3.8, 4) is 45.1 Å². The number of hydrogen-bond donors (Lipinski definition) is 0. The average molecular weight is 688 g/mol. The van der Waals surface area contributed by atoms with Crippen molar-refractivity contribution in [2.24, 2.45) is 0 Å². The summed E-state index contributed by atoms with van der Waals surface area (Å²) in [6.45, 7) is 0. The van der Waals surface area contributed by atoms with E-state index in [0.29, 0.717) is 0 Å². The second kappa shape index (κ2) is 12.2. The van der Waals surface area contributed by atoms with Crippen LogP contribution in [0.4, 0.5) is 0 Å². The van der Waals surface area contributed by atoms with E-state index in [0.717, 1.165) is 33.8 Å². The number of rotatable bonds is 5. The van der Waals surface area contributed by atoms with Gasteiger partial charge in [-0.2, -0.15) is 0 Å². The third-order valence-corrected chi connectivity index (χ3v) is 10.9. The van der Waals surface area contributed by atoms with Crippen LogP contribution in [-0.4, -0.2) is 14.1 Å². The molecule has 0 aliphatic carbocycles. The third kappa shape index (κ3) is 4.72.